The number of β-amino-alcohol motifs (C(OH)–C–C–N with tert-alkyl or cyclic N) is 2. The Labute approximate surface area is 154 Å². The second-order valence-corrected chi connectivity index (χ2v) is 9.75. The summed E-state index contributed by atoms with van der Waals surface area (Å²) >= 11 is 0. The smallest absolute Gasteiger partial charge is 0.228 e. The van der Waals surface area contributed by atoms with Gasteiger partial charge in [0.05, 0.1) is 26.2 Å². The van der Waals surface area contributed by atoms with Crippen LogP contribution >= 0.6 is 0 Å². The minimum absolute atomic E-state index is 0.0184. The van der Waals surface area contributed by atoms with Gasteiger partial charge in [0.25, 0.3) is 0 Å². The number of ether oxygens (including phenoxy) is 2. The molecule has 8 nitrogen and oxygen atoms in total. The summed E-state index contributed by atoms with van der Waals surface area (Å²) in [6.07, 6.45) is -1.82. The molecule has 0 aromatic carbocycles. The SMILES string of the molecule is CC(C)(C)C(=O)N1C[C@H](O)[C@@]2(C1)O[C@H]1CN(C(=O)C(C)(C)C)C[C@@]1(O)O2. The minimum atomic E-state index is -1.68. The molecule has 0 unspecified atom stereocenters. The van der Waals surface area contributed by atoms with Gasteiger partial charge in [0, 0.05) is 10.8 Å². The van der Waals surface area contributed by atoms with Gasteiger partial charge in [0.1, 0.15) is 12.2 Å². The van der Waals surface area contributed by atoms with Gasteiger partial charge in [-0.05, 0) is 0 Å². The van der Waals surface area contributed by atoms with E-state index in [1.54, 1.807) is 20.8 Å². The number of likely N-dealkylation sites (tertiary alicyclic amines) is 2. The molecule has 3 rings (SSSR count). The predicted molar refractivity (Wildman–Crippen MR) is 91.7 cm³/mol. The van der Waals surface area contributed by atoms with E-state index >= 15 is 0 Å². The number of hydrogen-bond acceptors (Lipinski definition) is 6. The molecule has 0 aliphatic carbocycles. The molecule has 0 aromatic rings. The van der Waals surface area contributed by atoms with E-state index in [9.17, 15) is 19.8 Å². The third-order valence-corrected chi connectivity index (χ3v) is 5.17. The average molecular weight is 370 g/mol. The fourth-order valence-electron chi connectivity index (χ4n) is 3.83. The van der Waals surface area contributed by atoms with E-state index in [0.717, 1.165) is 0 Å². The number of hydrogen-bond donors (Lipinski definition) is 2. The van der Waals surface area contributed by atoms with E-state index in [0.29, 0.717) is 0 Å². The third kappa shape index (κ3) is 3.02. The Morgan fingerprint density at radius 2 is 1.46 bits per heavy atom. The van der Waals surface area contributed by atoms with Gasteiger partial charge in [-0.3, -0.25) is 9.59 Å². The van der Waals surface area contributed by atoms with E-state index in [1.807, 2.05) is 20.8 Å². The van der Waals surface area contributed by atoms with Crippen molar-refractivity contribution >= 4 is 11.8 Å². The van der Waals surface area contributed by atoms with Gasteiger partial charge in [-0.25, -0.2) is 0 Å². The van der Waals surface area contributed by atoms with Crippen molar-refractivity contribution in [3.05, 3.63) is 0 Å². The van der Waals surface area contributed by atoms with E-state index in [1.165, 1.54) is 9.80 Å². The van der Waals surface area contributed by atoms with Crippen LogP contribution in [0.2, 0.25) is 0 Å². The molecule has 0 saturated carbocycles. The standard InChI is InChI=1S/C18H30N2O6/c1-15(2,3)13(22)19-7-11(21)18(10-19)25-12-8-20(9-17(12,24)26-18)14(23)16(4,5)6/h11-12,21,24H,7-10H2,1-6H3/t11-,12-,17+,18-/m0/s1. The summed E-state index contributed by atoms with van der Waals surface area (Å²) in [5.74, 6) is -3.34. The number of carbonyl (C=O) groups is 2. The highest BCUT2D eigenvalue weighted by molar-refractivity contribution is 5.82. The molecule has 3 aliphatic rings. The van der Waals surface area contributed by atoms with Gasteiger partial charge in [0.15, 0.2) is 0 Å². The fourth-order valence-corrected chi connectivity index (χ4v) is 3.83. The minimum Gasteiger partial charge on any atom is -0.386 e. The molecule has 0 aromatic heterocycles. The van der Waals surface area contributed by atoms with Gasteiger partial charge in [0.2, 0.25) is 23.4 Å². The number of aliphatic hydroxyl groups excluding tert-OH is 1. The summed E-state index contributed by atoms with van der Waals surface area (Å²) in [5.41, 5.74) is -1.16. The lowest BCUT2D eigenvalue weighted by atomic mass is 9.95. The van der Waals surface area contributed by atoms with Crippen LogP contribution < -0.4 is 0 Å². The van der Waals surface area contributed by atoms with E-state index in [4.69, 9.17) is 9.47 Å². The average Bonchev–Trinajstić information content (AvgIpc) is 3.03. The summed E-state index contributed by atoms with van der Waals surface area (Å²) < 4.78 is 11.7. The fraction of sp³-hybridized carbons (Fsp3) is 0.889. The van der Waals surface area contributed by atoms with Gasteiger partial charge in [-0.2, -0.15) is 0 Å². The molecule has 2 N–H and O–H groups in total. The highest BCUT2D eigenvalue weighted by Crippen LogP contribution is 2.45. The van der Waals surface area contributed by atoms with E-state index in [-0.39, 0.29) is 38.0 Å². The second kappa shape index (κ2) is 5.64. The maximum Gasteiger partial charge on any atom is 0.228 e. The summed E-state index contributed by atoms with van der Waals surface area (Å²) in [5, 5.41) is 21.4. The van der Waals surface area contributed by atoms with Crippen LogP contribution in [0.5, 0.6) is 0 Å². The van der Waals surface area contributed by atoms with Crippen LogP contribution in [0.15, 0.2) is 0 Å². The molecule has 0 bridgehead atoms. The molecule has 26 heavy (non-hydrogen) atoms. The molecule has 0 radical (unpaired) electrons. The van der Waals surface area contributed by atoms with Crippen molar-refractivity contribution in [3.63, 3.8) is 0 Å². The monoisotopic (exact) mass is 370 g/mol. The summed E-state index contributed by atoms with van der Waals surface area (Å²) in [6.45, 7) is 11.2. The number of amides is 2. The first-order valence-corrected chi connectivity index (χ1v) is 9.05. The van der Waals surface area contributed by atoms with Crippen LogP contribution in [-0.2, 0) is 19.1 Å². The Balaban J connectivity index is 1.74. The van der Waals surface area contributed by atoms with E-state index in [2.05, 4.69) is 0 Å². The Morgan fingerprint density at radius 3 is 1.92 bits per heavy atom. The zero-order valence-corrected chi connectivity index (χ0v) is 16.4. The van der Waals surface area contributed by atoms with Crippen LogP contribution in [0.1, 0.15) is 41.5 Å². The van der Waals surface area contributed by atoms with Gasteiger partial charge < -0.3 is 29.5 Å². The van der Waals surface area contributed by atoms with E-state index < -0.39 is 34.6 Å². The molecule has 3 heterocycles. The summed E-state index contributed by atoms with van der Waals surface area (Å²) in [4.78, 5) is 28.0. The molecule has 1 spiro atoms. The Hall–Kier alpha value is -1.22. The Kier molecular flexibility index (Phi) is 4.24. The zero-order chi connectivity index (χ0) is 19.7. The lowest BCUT2D eigenvalue weighted by Crippen LogP contribution is -2.49. The van der Waals surface area contributed by atoms with Crippen LogP contribution in [0.4, 0.5) is 0 Å². The first-order valence-electron chi connectivity index (χ1n) is 9.05. The first kappa shape index (κ1) is 19.5. The molecule has 2 amide bonds. The number of fused-ring (bicyclic) bond motifs is 1. The first-order chi connectivity index (χ1) is 11.7. The summed E-state index contributed by atoms with van der Waals surface area (Å²) in [7, 11) is 0. The van der Waals surface area contributed by atoms with Crippen molar-refractivity contribution in [3.8, 4) is 0 Å². The molecule has 3 saturated heterocycles. The van der Waals surface area contributed by atoms with Crippen molar-refractivity contribution in [2.75, 3.05) is 26.2 Å². The second-order valence-electron chi connectivity index (χ2n) is 9.75. The molecular formula is C18H30N2O6. The number of rotatable bonds is 0. The zero-order valence-electron chi connectivity index (χ0n) is 16.4. The quantitative estimate of drug-likeness (QED) is 0.619. The Morgan fingerprint density at radius 1 is 0.962 bits per heavy atom. The van der Waals surface area contributed by atoms with Crippen LogP contribution in [0.25, 0.3) is 0 Å². The summed E-state index contributed by atoms with van der Waals surface area (Å²) in [6, 6.07) is 0. The maximum absolute atomic E-state index is 12.5. The highest BCUT2D eigenvalue weighted by Gasteiger charge is 2.67. The molecular weight excluding hydrogens is 340 g/mol. The van der Waals surface area contributed by atoms with Crippen molar-refractivity contribution < 1.29 is 29.3 Å². The van der Waals surface area contributed by atoms with Crippen molar-refractivity contribution in [2.45, 2.75) is 65.3 Å². The van der Waals surface area contributed by atoms with Gasteiger partial charge >= 0.3 is 0 Å². The molecule has 8 heteroatoms. The molecule has 3 fully saturated rings. The van der Waals surface area contributed by atoms with Crippen molar-refractivity contribution in [2.24, 2.45) is 10.8 Å². The lowest BCUT2D eigenvalue weighted by Gasteiger charge is -2.32. The third-order valence-electron chi connectivity index (χ3n) is 5.17. The van der Waals surface area contributed by atoms with Gasteiger partial charge in [-0.1, -0.05) is 41.5 Å². The largest absolute Gasteiger partial charge is 0.386 e. The maximum atomic E-state index is 12.5. The number of nitrogens with zero attached hydrogens (tertiary/aromatic N) is 2. The van der Waals surface area contributed by atoms with Crippen molar-refractivity contribution in [1.29, 1.82) is 0 Å². The number of carbonyl (C=O) groups excluding carboxylic acids is 2. The molecule has 148 valence electrons. The van der Waals surface area contributed by atoms with Crippen molar-refractivity contribution in [1.82, 2.24) is 9.80 Å². The van der Waals surface area contributed by atoms with Gasteiger partial charge in [-0.15, -0.1) is 0 Å². The normalized spacial score (nSPS) is 37.5. The Bertz CT molecular complexity index is 624. The number of aliphatic hydroxyl groups is 2. The topological polar surface area (TPSA) is 99.5 Å². The highest BCUT2D eigenvalue weighted by atomic mass is 16.8. The molecule has 3 aliphatic heterocycles. The van der Waals surface area contributed by atoms with Crippen LogP contribution in [0.3, 0.4) is 0 Å². The predicted octanol–water partition coefficient (Wildman–Crippen LogP) is -0.0758. The molecule has 4 atom stereocenters. The van der Waals surface area contributed by atoms with Crippen LogP contribution in [-0.4, -0.2) is 81.8 Å². The lowest BCUT2D eigenvalue weighted by molar-refractivity contribution is -0.267. The van der Waals surface area contributed by atoms with Crippen LogP contribution in [0, 0.1) is 10.8 Å².